The largest absolute Gasteiger partial charge is 0.465 e. The molecule has 102 valence electrons. The smallest absolute Gasteiger partial charge is 0.317 e. The summed E-state index contributed by atoms with van der Waals surface area (Å²) < 4.78 is 5.23. The van der Waals surface area contributed by atoms with E-state index in [1.54, 1.807) is 6.92 Å². The molecular formula is C15H19NO3. The number of hydrogen-bond acceptors (Lipinski definition) is 4. The highest BCUT2D eigenvalue weighted by atomic mass is 16.5. The van der Waals surface area contributed by atoms with Gasteiger partial charge in [-0.2, -0.15) is 0 Å². The molecule has 1 aliphatic heterocycles. The fraction of sp³-hybridized carbons (Fsp3) is 0.533. The number of hydrogen-bond donors (Lipinski definition) is 2. The van der Waals surface area contributed by atoms with Crippen LogP contribution in [-0.4, -0.2) is 24.2 Å². The van der Waals surface area contributed by atoms with Crippen LogP contribution >= 0.6 is 0 Å². The average molecular weight is 261 g/mol. The first-order valence-electron chi connectivity index (χ1n) is 6.87. The van der Waals surface area contributed by atoms with Gasteiger partial charge in [0.2, 0.25) is 0 Å². The lowest BCUT2D eigenvalue weighted by atomic mass is 9.68. The summed E-state index contributed by atoms with van der Waals surface area (Å²) in [5.74, 6) is -0.281. The molecular weight excluding hydrogens is 242 g/mol. The number of esters is 1. The lowest BCUT2D eigenvalue weighted by molar-refractivity contribution is -0.171. The summed E-state index contributed by atoms with van der Waals surface area (Å²) in [6.45, 7) is 2.59. The third kappa shape index (κ3) is 1.53. The monoisotopic (exact) mass is 261 g/mol. The summed E-state index contributed by atoms with van der Waals surface area (Å²) in [6.07, 6.45) is 2.12. The van der Waals surface area contributed by atoms with Crippen LogP contribution in [0.4, 0.5) is 5.69 Å². The van der Waals surface area contributed by atoms with E-state index in [1.165, 1.54) is 0 Å². The standard InChI is InChI=1S/C15H19NO3/c1-2-19-13(17)14-8-5-9-15(14,18)11-6-3-4-7-12(11)16-10-14/h3-4,6-7,16,18H,2,5,8-10H2,1H3/t14-,15-/m0/s1. The molecule has 2 atom stereocenters. The Balaban J connectivity index is 2.10. The first-order chi connectivity index (χ1) is 9.14. The summed E-state index contributed by atoms with van der Waals surface area (Å²) in [7, 11) is 0. The van der Waals surface area contributed by atoms with Crippen LogP contribution in [0.3, 0.4) is 0 Å². The lowest BCUT2D eigenvalue weighted by Gasteiger charge is -2.45. The van der Waals surface area contributed by atoms with Crippen LogP contribution in [0.2, 0.25) is 0 Å². The van der Waals surface area contributed by atoms with Gasteiger partial charge in [-0.25, -0.2) is 0 Å². The molecule has 1 aromatic carbocycles. The van der Waals surface area contributed by atoms with E-state index in [2.05, 4.69) is 5.32 Å². The van der Waals surface area contributed by atoms with Gasteiger partial charge >= 0.3 is 5.97 Å². The molecule has 0 radical (unpaired) electrons. The number of ether oxygens (including phenoxy) is 1. The minimum atomic E-state index is -1.10. The minimum absolute atomic E-state index is 0.281. The van der Waals surface area contributed by atoms with Crippen LogP contribution in [0, 0.1) is 5.41 Å². The third-order valence-electron chi connectivity index (χ3n) is 4.55. The van der Waals surface area contributed by atoms with Crippen LogP contribution in [0.1, 0.15) is 31.7 Å². The summed E-state index contributed by atoms with van der Waals surface area (Å²) in [5, 5.41) is 14.4. The number of aliphatic hydroxyl groups is 1. The van der Waals surface area contributed by atoms with Crippen molar-refractivity contribution in [1.29, 1.82) is 0 Å². The molecule has 0 aromatic heterocycles. The van der Waals surface area contributed by atoms with E-state index in [9.17, 15) is 9.90 Å². The van der Waals surface area contributed by atoms with Crippen molar-refractivity contribution in [1.82, 2.24) is 0 Å². The van der Waals surface area contributed by atoms with Crippen molar-refractivity contribution in [2.24, 2.45) is 5.41 Å². The van der Waals surface area contributed by atoms with Gasteiger partial charge in [-0.15, -0.1) is 0 Å². The number of anilines is 1. The van der Waals surface area contributed by atoms with Crippen molar-refractivity contribution in [2.75, 3.05) is 18.5 Å². The van der Waals surface area contributed by atoms with Gasteiger partial charge in [-0.05, 0) is 32.3 Å². The van der Waals surface area contributed by atoms with E-state index in [-0.39, 0.29) is 5.97 Å². The maximum Gasteiger partial charge on any atom is 0.317 e. The predicted octanol–water partition coefficient (Wildman–Crippen LogP) is 2.03. The minimum Gasteiger partial charge on any atom is -0.465 e. The number of rotatable bonds is 2. The van der Waals surface area contributed by atoms with E-state index >= 15 is 0 Å². The van der Waals surface area contributed by atoms with Gasteiger partial charge in [-0.3, -0.25) is 4.79 Å². The summed E-state index contributed by atoms with van der Waals surface area (Å²) in [6, 6.07) is 7.68. The van der Waals surface area contributed by atoms with Crippen LogP contribution in [0.25, 0.3) is 0 Å². The quantitative estimate of drug-likeness (QED) is 0.800. The average Bonchev–Trinajstić information content (AvgIpc) is 2.78. The van der Waals surface area contributed by atoms with Crippen LogP contribution in [-0.2, 0) is 15.1 Å². The van der Waals surface area contributed by atoms with E-state index in [4.69, 9.17) is 4.74 Å². The summed E-state index contributed by atoms with van der Waals surface area (Å²) >= 11 is 0. The van der Waals surface area contributed by atoms with Gasteiger partial charge in [0.25, 0.3) is 0 Å². The molecule has 4 nitrogen and oxygen atoms in total. The molecule has 1 aliphatic carbocycles. The zero-order valence-corrected chi connectivity index (χ0v) is 11.1. The van der Waals surface area contributed by atoms with Gasteiger partial charge in [-0.1, -0.05) is 18.2 Å². The van der Waals surface area contributed by atoms with Crippen LogP contribution in [0.15, 0.2) is 24.3 Å². The van der Waals surface area contributed by atoms with Gasteiger partial charge in [0.15, 0.2) is 0 Å². The third-order valence-corrected chi connectivity index (χ3v) is 4.55. The van der Waals surface area contributed by atoms with E-state index < -0.39 is 11.0 Å². The molecule has 0 saturated heterocycles. The molecule has 3 rings (SSSR count). The Morgan fingerprint density at radius 3 is 3.00 bits per heavy atom. The number of carbonyl (C=O) groups excluding carboxylic acids is 1. The van der Waals surface area contributed by atoms with Crippen molar-refractivity contribution in [3.05, 3.63) is 29.8 Å². The Kier molecular flexibility index (Phi) is 2.78. The van der Waals surface area contributed by atoms with Gasteiger partial charge < -0.3 is 15.2 Å². The number of fused-ring (bicyclic) bond motifs is 3. The molecule has 0 spiro atoms. The fourth-order valence-electron chi connectivity index (χ4n) is 3.58. The highest BCUT2D eigenvalue weighted by molar-refractivity contribution is 5.82. The fourth-order valence-corrected chi connectivity index (χ4v) is 3.58. The normalized spacial score (nSPS) is 32.1. The van der Waals surface area contributed by atoms with Crippen molar-refractivity contribution >= 4 is 11.7 Å². The Hall–Kier alpha value is -1.55. The second-order valence-corrected chi connectivity index (χ2v) is 5.42. The second kappa shape index (κ2) is 4.23. The Morgan fingerprint density at radius 1 is 1.42 bits per heavy atom. The van der Waals surface area contributed by atoms with E-state index in [0.29, 0.717) is 26.0 Å². The number of carbonyl (C=O) groups is 1. The number of nitrogens with one attached hydrogen (secondary N) is 1. The molecule has 1 saturated carbocycles. The van der Waals surface area contributed by atoms with Gasteiger partial charge in [0.05, 0.1) is 6.61 Å². The highest BCUT2D eigenvalue weighted by Crippen LogP contribution is 2.57. The van der Waals surface area contributed by atoms with Crippen molar-refractivity contribution in [2.45, 2.75) is 31.8 Å². The van der Waals surface area contributed by atoms with Crippen LogP contribution < -0.4 is 5.32 Å². The summed E-state index contributed by atoms with van der Waals surface area (Å²) in [4.78, 5) is 12.4. The zero-order valence-electron chi connectivity index (χ0n) is 11.1. The molecule has 4 heteroatoms. The summed E-state index contributed by atoms with van der Waals surface area (Å²) in [5.41, 5.74) is -0.183. The second-order valence-electron chi connectivity index (χ2n) is 5.42. The van der Waals surface area contributed by atoms with Gasteiger partial charge in [0, 0.05) is 17.8 Å². The first-order valence-corrected chi connectivity index (χ1v) is 6.87. The van der Waals surface area contributed by atoms with Crippen molar-refractivity contribution in [3.8, 4) is 0 Å². The Labute approximate surface area is 112 Å². The molecule has 0 unspecified atom stereocenters. The van der Waals surface area contributed by atoms with Gasteiger partial charge in [0.1, 0.15) is 11.0 Å². The Bertz CT molecular complexity index is 516. The molecule has 2 aliphatic rings. The van der Waals surface area contributed by atoms with Crippen molar-refractivity contribution in [3.63, 3.8) is 0 Å². The molecule has 1 aromatic rings. The topological polar surface area (TPSA) is 58.6 Å². The molecule has 19 heavy (non-hydrogen) atoms. The van der Waals surface area contributed by atoms with E-state index in [0.717, 1.165) is 17.7 Å². The van der Waals surface area contributed by atoms with E-state index in [1.807, 2.05) is 24.3 Å². The molecule has 2 N–H and O–H groups in total. The number of benzene rings is 1. The predicted molar refractivity (Wildman–Crippen MR) is 71.7 cm³/mol. The number of para-hydroxylation sites is 1. The molecule has 1 heterocycles. The Morgan fingerprint density at radius 2 is 2.21 bits per heavy atom. The highest BCUT2D eigenvalue weighted by Gasteiger charge is 2.62. The molecule has 0 bridgehead atoms. The molecule has 0 amide bonds. The zero-order chi connectivity index (χ0) is 13.5. The first kappa shape index (κ1) is 12.5. The lowest BCUT2D eigenvalue weighted by Crippen LogP contribution is -2.55. The van der Waals surface area contributed by atoms with Crippen LogP contribution in [0.5, 0.6) is 0 Å². The molecule has 1 fully saturated rings. The maximum absolute atomic E-state index is 12.4. The van der Waals surface area contributed by atoms with Crippen molar-refractivity contribution < 1.29 is 14.6 Å². The maximum atomic E-state index is 12.4. The SMILES string of the molecule is CCOC(=O)[C@@]12CCC[C@]1(O)c1ccccc1NC2.